The van der Waals surface area contributed by atoms with Gasteiger partial charge in [-0.1, -0.05) is 0 Å². The summed E-state index contributed by atoms with van der Waals surface area (Å²) in [5.74, 6) is -0.0168. The Hall–Kier alpha value is -1.36. The molecule has 1 fully saturated rings. The molecule has 3 N–H and O–H groups in total. The monoisotopic (exact) mass is 206 g/mol. The van der Waals surface area contributed by atoms with Gasteiger partial charge in [0.15, 0.2) is 5.69 Å². The van der Waals surface area contributed by atoms with Crippen LogP contribution in [0, 0.1) is 0 Å². The van der Waals surface area contributed by atoms with Crippen LogP contribution in [0.2, 0.25) is 0 Å². The average Bonchev–Trinajstić information content (AvgIpc) is 2.96. The van der Waals surface area contributed by atoms with Crippen LogP contribution in [-0.4, -0.2) is 28.7 Å². The van der Waals surface area contributed by atoms with Crippen molar-refractivity contribution in [2.24, 2.45) is 0 Å². The van der Waals surface area contributed by atoms with Crippen LogP contribution in [0.4, 0.5) is 0 Å². The molecule has 2 heterocycles. The number of H-pyrrole nitrogens is 1. The van der Waals surface area contributed by atoms with E-state index in [1.54, 1.807) is 0 Å². The van der Waals surface area contributed by atoms with E-state index in [0.717, 1.165) is 43.6 Å². The van der Waals surface area contributed by atoms with Gasteiger partial charge >= 0.3 is 0 Å². The average molecular weight is 206 g/mol. The van der Waals surface area contributed by atoms with Crippen molar-refractivity contribution in [1.29, 1.82) is 0 Å². The molecule has 2 aliphatic rings. The molecule has 0 unspecified atom stereocenters. The second-order valence-corrected chi connectivity index (χ2v) is 4.20. The van der Waals surface area contributed by atoms with E-state index in [1.807, 2.05) is 0 Å². The van der Waals surface area contributed by atoms with Crippen LogP contribution >= 0.6 is 0 Å². The van der Waals surface area contributed by atoms with Crippen molar-refractivity contribution in [3.8, 4) is 0 Å². The predicted octanol–water partition coefficient (Wildman–Crippen LogP) is -0.0524. The van der Waals surface area contributed by atoms with Crippen LogP contribution in [0.5, 0.6) is 0 Å². The minimum atomic E-state index is -0.0168. The first kappa shape index (κ1) is 8.91. The van der Waals surface area contributed by atoms with Gasteiger partial charge in [-0.15, -0.1) is 0 Å². The van der Waals surface area contributed by atoms with Gasteiger partial charge < -0.3 is 10.6 Å². The first-order valence-corrected chi connectivity index (χ1v) is 5.42. The fourth-order valence-electron chi connectivity index (χ4n) is 1.91. The van der Waals surface area contributed by atoms with Crippen molar-refractivity contribution in [2.75, 3.05) is 6.54 Å². The highest BCUT2D eigenvalue weighted by Crippen LogP contribution is 2.21. The van der Waals surface area contributed by atoms with Crippen LogP contribution in [0.15, 0.2) is 0 Å². The highest BCUT2D eigenvalue weighted by Gasteiger charge is 2.27. The van der Waals surface area contributed by atoms with Gasteiger partial charge in [-0.2, -0.15) is 5.10 Å². The predicted molar refractivity (Wildman–Crippen MR) is 54.5 cm³/mol. The van der Waals surface area contributed by atoms with E-state index in [-0.39, 0.29) is 5.91 Å². The zero-order chi connectivity index (χ0) is 10.3. The van der Waals surface area contributed by atoms with Crippen molar-refractivity contribution in [3.63, 3.8) is 0 Å². The van der Waals surface area contributed by atoms with Gasteiger partial charge in [0.2, 0.25) is 0 Å². The molecule has 3 rings (SSSR count). The van der Waals surface area contributed by atoms with E-state index >= 15 is 0 Å². The Balaban J connectivity index is 1.83. The van der Waals surface area contributed by atoms with E-state index in [9.17, 15) is 4.79 Å². The molecule has 5 heteroatoms. The Labute approximate surface area is 87.6 Å². The molecule has 15 heavy (non-hydrogen) atoms. The molecule has 1 aliphatic carbocycles. The third-order valence-electron chi connectivity index (χ3n) is 2.93. The standard InChI is InChI=1S/C10H14N4O/c15-10(12-6-1-2-6)9-7-3-4-11-5-8(7)13-14-9/h6,11H,1-5H2,(H,12,15)(H,13,14). The zero-order valence-corrected chi connectivity index (χ0v) is 8.47. The molecule has 0 aromatic carbocycles. The smallest absolute Gasteiger partial charge is 0.272 e. The number of fused-ring (bicyclic) bond motifs is 1. The third-order valence-corrected chi connectivity index (χ3v) is 2.93. The highest BCUT2D eigenvalue weighted by atomic mass is 16.2. The first-order chi connectivity index (χ1) is 7.34. The molecule has 0 spiro atoms. The minimum absolute atomic E-state index is 0.0168. The molecular weight excluding hydrogens is 192 g/mol. The van der Waals surface area contributed by atoms with E-state index < -0.39 is 0 Å². The summed E-state index contributed by atoms with van der Waals surface area (Å²) in [4.78, 5) is 11.8. The number of nitrogens with one attached hydrogen (secondary N) is 3. The van der Waals surface area contributed by atoms with Gasteiger partial charge in [0.05, 0.1) is 5.69 Å². The largest absolute Gasteiger partial charge is 0.348 e. The number of carbonyl (C=O) groups excluding carboxylic acids is 1. The number of carbonyl (C=O) groups is 1. The van der Waals surface area contributed by atoms with Crippen LogP contribution in [0.3, 0.4) is 0 Å². The van der Waals surface area contributed by atoms with Crippen molar-refractivity contribution in [2.45, 2.75) is 31.8 Å². The highest BCUT2D eigenvalue weighted by molar-refractivity contribution is 5.94. The summed E-state index contributed by atoms with van der Waals surface area (Å²) in [5.41, 5.74) is 2.74. The Morgan fingerprint density at radius 2 is 2.33 bits per heavy atom. The van der Waals surface area contributed by atoms with E-state index in [1.165, 1.54) is 0 Å². The number of hydrogen-bond donors (Lipinski definition) is 3. The Bertz CT molecular complexity index is 394. The summed E-state index contributed by atoms with van der Waals surface area (Å²) < 4.78 is 0. The number of nitrogens with zero attached hydrogens (tertiary/aromatic N) is 1. The molecule has 5 nitrogen and oxygen atoms in total. The third kappa shape index (κ3) is 1.63. The molecule has 0 atom stereocenters. The molecule has 1 aromatic heterocycles. The maximum Gasteiger partial charge on any atom is 0.272 e. The van der Waals surface area contributed by atoms with Gasteiger partial charge in [0, 0.05) is 18.2 Å². The van der Waals surface area contributed by atoms with Crippen LogP contribution < -0.4 is 10.6 Å². The van der Waals surface area contributed by atoms with Gasteiger partial charge in [-0.3, -0.25) is 9.89 Å². The molecule has 1 saturated carbocycles. The summed E-state index contributed by atoms with van der Waals surface area (Å²) in [6, 6.07) is 0.395. The van der Waals surface area contributed by atoms with Crippen molar-refractivity contribution in [1.82, 2.24) is 20.8 Å². The van der Waals surface area contributed by atoms with Crippen LogP contribution in [0.1, 0.15) is 34.6 Å². The number of aromatic nitrogens is 2. The molecule has 0 bridgehead atoms. The lowest BCUT2D eigenvalue weighted by Crippen LogP contribution is -2.29. The number of hydrogen-bond acceptors (Lipinski definition) is 3. The Morgan fingerprint density at radius 1 is 1.47 bits per heavy atom. The minimum Gasteiger partial charge on any atom is -0.348 e. The first-order valence-electron chi connectivity index (χ1n) is 5.42. The van der Waals surface area contributed by atoms with Crippen molar-refractivity contribution >= 4 is 5.91 Å². The van der Waals surface area contributed by atoms with Crippen molar-refractivity contribution in [3.05, 3.63) is 17.0 Å². The summed E-state index contributed by atoms with van der Waals surface area (Å²) in [5, 5.41) is 13.2. The van der Waals surface area contributed by atoms with Gasteiger partial charge in [-0.25, -0.2) is 0 Å². The van der Waals surface area contributed by atoms with E-state index in [4.69, 9.17) is 0 Å². The van der Waals surface area contributed by atoms with E-state index in [2.05, 4.69) is 20.8 Å². The topological polar surface area (TPSA) is 69.8 Å². The van der Waals surface area contributed by atoms with Crippen LogP contribution in [-0.2, 0) is 13.0 Å². The maximum atomic E-state index is 11.8. The molecule has 80 valence electrons. The Kier molecular flexibility index (Phi) is 1.98. The quantitative estimate of drug-likeness (QED) is 0.635. The van der Waals surface area contributed by atoms with Gasteiger partial charge in [-0.05, 0) is 25.8 Å². The zero-order valence-electron chi connectivity index (χ0n) is 8.47. The summed E-state index contributed by atoms with van der Waals surface area (Å²) >= 11 is 0. The lowest BCUT2D eigenvalue weighted by atomic mass is 10.1. The second kappa shape index (κ2) is 3.34. The number of amides is 1. The Morgan fingerprint density at radius 3 is 3.13 bits per heavy atom. The summed E-state index contributed by atoms with van der Waals surface area (Å²) in [7, 11) is 0. The molecule has 1 amide bonds. The fraction of sp³-hybridized carbons (Fsp3) is 0.600. The maximum absolute atomic E-state index is 11.8. The number of aromatic amines is 1. The van der Waals surface area contributed by atoms with Crippen molar-refractivity contribution < 1.29 is 4.79 Å². The van der Waals surface area contributed by atoms with Gasteiger partial charge in [0.1, 0.15) is 0 Å². The second-order valence-electron chi connectivity index (χ2n) is 4.20. The van der Waals surface area contributed by atoms with Gasteiger partial charge in [0.25, 0.3) is 5.91 Å². The lowest BCUT2D eigenvalue weighted by Gasteiger charge is -2.12. The molecular formula is C10H14N4O. The lowest BCUT2D eigenvalue weighted by molar-refractivity contribution is 0.0945. The van der Waals surface area contributed by atoms with Crippen LogP contribution in [0.25, 0.3) is 0 Å². The number of rotatable bonds is 2. The SMILES string of the molecule is O=C(NC1CC1)c1n[nH]c2c1CCNC2. The summed E-state index contributed by atoms with van der Waals surface area (Å²) in [6.07, 6.45) is 3.11. The fourth-order valence-corrected chi connectivity index (χ4v) is 1.91. The molecule has 0 saturated heterocycles. The molecule has 1 aromatic rings. The van der Waals surface area contributed by atoms with E-state index in [0.29, 0.717) is 11.7 Å². The summed E-state index contributed by atoms with van der Waals surface area (Å²) in [6.45, 7) is 1.72. The normalized spacial score (nSPS) is 19.7. The molecule has 0 radical (unpaired) electrons. The molecule has 1 aliphatic heterocycles.